The lowest BCUT2D eigenvalue weighted by molar-refractivity contribution is -0.127. The zero-order chi connectivity index (χ0) is 18.3. The molecule has 0 spiro atoms. The zero-order valence-corrected chi connectivity index (χ0v) is 15.8. The first-order valence-corrected chi connectivity index (χ1v) is 9.94. The molecule has 2 amide bonds. The van der Waals surface area contributed by atoms with Gasteiger partial charge in [-0.3, -0.25) is 9.59 Å². The number of likely N-dealkylation sites (tertiary alicyclic amines) is 1. The monoisotopic (exact) mass is 355 g/mol. The van der Waals surface area contributed by atoms with Gasteiger partial charge in [-0.25, -0.2) is 0 Å². The van der Waals surface area contributed by atoms with Crippen LogP contribution < -0.4 is 10.2 Å². The number of rotatable bonds is 4. The van der Waals surface area contributed by atoms with Gasteiger partial charge >= 0.3 is 0 Å². The minimum absolute atomic E-state index is 0.0519. The van der Waals surface area contributed by atoms with Crippen molar-refractivity contribution < 1.29 is 9.59 Å². The molecule has 1 aromatic rings. The topological polar surface area (TPSA) is 52.7 Å². The van der Waals surface area contributed by atoms with E-state index >= 15 is 0 Å². The van der Waals surface area contributed by atoms with Crippen molar-refractivity contribution in [1.82, 2.24) is 10.2 Å². The Bertz CT molecular complexity index is 705. The fourth-order valence-electron chi connectivity index (χ4n) is 4.31. The Morgan fingerprint density at radius 1 is 1.12 bits per heavy atom. The number of benzene rings is 1. The highest BCUT2D eigenvalue weighted by molar-refractivity contribution is 6.01. The van der Waals surface area contributed by atoms with Gasteiger partial charge in [0.25, 0.3) is 0 Å². The second-order valence-corrected chi connectivity index (χ2v) is 8.17. The van der Waals surface area contributed by atoms with Crippen molar-refractivity contribution in [3.63, 3.8) is 0 Å². The molecule has 4 rings (SSSR count). The fraction of sp³-hybridized carbons (Fsp3) is 0.619. The number of nitrogens with one attached hydrogen (secondary N) is 1. The second kappa shape index (κ2) is 7.03. The van der Waals surface area contributed by atoms with E-state index in [1.807, 2.05) is 19.1 Å². The van der Waals surface area contributed by atoms with E-state index in [-0.39, 0.29) is 23.8 Å². The van der Waals surface area contributed by atoms with Crippen LogP contribution in [0.4, 0.5) is 5.69 Å². The molecule has 26 heavy (non-hydrogen) atoms. The smallest absolute Gasteiger partial charge is 0.227 e. The number of aryl methyl sites for hydroxylation is 1. The third kappa shape index (κ3) is 3.50. The minimum atomic E-state index is -0.233. The van der Waals surface area contributed by atoms with Crippen LogP contribution in [0.25, 0.3) is 0 Å². The molecule has 3 fully saturated rings. The van der Waals surface area contributed by atoms with Crippen LogP contribution in [-0.2, 0) is 9.59 Å². The molecule has 5 heteroatoms. The van der Waals surface area contributed by atoms with E-state index in [1.54, 1.807) is 4.90 Å². The third-order valence-electron chi connectivity index (χ3n) is 6.30. The van der Waals surface area contributed by atoms with Crippen LogP contribution in [0.1, 0.15) is 43.2 Å². The number of anilines is 1. The molecule has 1 saturated carbocycles. The molecule has 5 nitrogen and oxygen atoms in total. The quantitative estimate of drug-likeness (QED) is 0.902. The summed E-state index contributed by atoms with van der Waals surface area (Å²) >= 11 is 0. The molecule has 0 aromatic heterocycles. The summed E-state index contributed by atoms with van der Waals surface area (Å²) < 4.78 is 0. The maximum absolute atomic E-state index is 12.7. The van der Waals surface area contributed by atoms with Crippen molar-refractivity contribution in [2.24, 2.45) is 5.92 Å². The highest BCUT2D eigenvalue weighted by Gasteiger charge is 2.37. The first-order chi connectivity index (χ1) is 12.5. The molecule has 1 atom stereocenters. The van der Waals surface area contributed by atoms with E-state index in [2.05, 4.69) is 23.2 Å². The molecule has 0 radical (unpaired) electrons. The Morgan fingerprint density at radius 2 is 1.85 bits per heavy atom. The van der Waals surface area contributed by atoms with Crippen LogP contribution in [0.5, 0.6) is 0 Å². The van der Waals surface area contributed by atoms with Crippen LogP contribution in [-0.4, -0.2) is 48.4 Å². The number of nitrogens with zero attached hydrogens (tertiary/aromatic N) is 2. The van der Waals surface area contributed by atoms with Gasteiger partial charge < -0.3 is 15.1 Å². The number of amides is 2. The molecule has 3 aliphatic rings. The molecule has 0 bridgehead atoms. The molecular weight excluding hydrogens is 326 g/mol. The first kappa shape index (κ1) is 17.5. The van der Waals surface area contributed by atoms with Crippen molar-refractivity contribution in [1.29, 1.82) is 0 Å². The molecule has 2 heterocycles. The van der Waals surface area contributed by atoms with E-state index in [0.29, 0.717) is 13.0 Å². The van der Waals surface area contributed by atoms with Crippen molar-refractivity contribution in [3.8, 4) is 0 Å². The molecule has 0 unspecified atom stereocenters. The van der Waals surface area contributed by atoms with Crippen molar-refractivity contribution in [3.05, 3.63) is 29.3 Å². The largest absolute Gasteiger partial charge is 0.353 e. The first-order valence-electron chi connectivity index (χ1n) is 9.94. The Balaban J connectivity index is 1.34. The van der Waals surface area contributed by atoms with E-state index in [4.69, 9.17) is 0 Å². The predicted molar refractivity (Wildman–Crippen MR) is 102 cm³/mol. The lowest BCUT2D eigenvalue weighted by Crippen LogP contribution is -2.47. The Morgan fingerprint density at radius 3 is 2.54 bits per heavy atom. The van der Waals surface area contributed by atoms with Crippen molar-refractivity contribution in [2.75, 3.05) is 24.5 Å². The molecule has 1 aromatic carbocycles. The zero-order valence-electron chi connectivity index (χ0n) is 15.8. The van der Waals surface area contributed by atoms with E-state index in [0.717, 1.165) is 43.2 Å². The van der Waals surface area contributed by atoms with Crippen LogP contribution >= 0.6 is 0 Å². The van der Waals surface area contributed by atoms with Gasteiger partial charge in [-0.05, 0) is 56.7 Å². The van der Waals surface area contributed by atoms with Gasteiger partial charge in [0.1, 0.15) is 0 Å². The molecule has 140 valence electrons. The summed E-state index contributed by atoms with van der Waals surface area (Å²) in [6.45, 7) is 6.77. The lowest BCUT2D eigenvalue weighted by atomic mass is 10.0. The lowest BCUT2D eigenvalue weighted by Gasteiger charge is -2.32. The summed E-state index contributed by atoms with van der Waals surface area (Å²) in [6.07, 6.45) is 5.07. The van der Waals surface area contributed by atoms with Crippen LogP contribution in [0.15, 0.2) is 18.2 Å². The third-order valence-corrected chi connectivity index (χ3v) is 6.30. The standard InChI is InChI=1S/C21H29N3O2/c1-14-4-3-5-19(15(14)2)24-13-16(12-20(24)25)21(26)22-17-8-10-23(11-9-17)18-6-7-18/h3-5,16-18H,6-13H2,1-2H3,(H,22,26)/t16-/m1/s1. The van der Waals surface area contributed by atoms with Crippen LogP contribution in [0.3, 0.4) is 0 Å². The highest BCUT2D eigenvalue weighted by atomic mass is 16.2. The van der Waals surface area contributed by atoms with E-state index in [9.17, 15) is 9.59 Å². The Labute approximate surface area is 155 Å². The van der Waals surface area contributed by atoms with Gasteiger partial charge in [-0.2, -0.15) is 0 Å². The summed E-state index contributed by atoms with van der Waals surface area (Å²) in [7, 11) is 0. The van der Waals surface area contributed by atoms with Crippen LogP contribution in [0, 0.1) is 19.8 Å². The number of piperidine rings is 1. The average molecular weight is 355 g/mol. The van der Waals surface area contributed by atoms with Gasteiger partial charge in [0.05, 0.1) is 5.92 Å². The summed E-state index contributed by atoms with van der Waals surface area (Å²) in [5.74, 6) is -0.123. The summed E-state index contributed by atoms with van der Waals surface area (Å²) in [4.78, 5) is 29.6. The maximum Gasteiger partial charge on any atom is 0.227 e. The molecule has 2 saturated heterocycles. The number of hydrogen-bond acceptors (Lipinski definition) is 3. The summed E-state index contributed by atoms with van der Waals surface area (Å²) in [6, 6.07) is 7.09. The van der Waals surface area contributed by atoms with E-state index in [1.165, 1.54) is 18.4 Å². The molecule has 2 aliphatic heterocycles. The Hall–Kier alpha value is -1.88. The van der Waals surface area contributed by atoms with Crippen molar-refractivity contribution >= 4 is 17.5 Å². The molecule has 1 N–H and O–H groups in total. The SMILES string of the molecule is Cc1cccc(N2C[C@H](C(=O)NC3CCN(C4CC4)CC3)CC2=O)c1C. The molecule has 1 aliphatic carbocycles. The number of carbonyl (C=O) groups is 2. The number of carbonyl (C=O) groups excluding carboxylic acids is 2. The fourth-order valence-corrected chi connectivity index (χ4v) is 4.31. The van der Waals surface area contributed by atoms with Gasteiger partial charge in [0, 0.05) is 43.8 Å². The van der Waals surface area contributed by atoms with Gasteiger partial charge in [0.15, 0.2) is 0 Å². The number of hydrogen-bond donors (Lipinski definition) is 1. The van der Waals surface area contributed by atoms with Crippen molar-refractivity contribution in [2.45, 2.75) is 58.0 Å². The highest BCUT2D eigenvalue weighted by Crippen LogP contribution is 2.31. The van der Waals surface area contributed by atoms with Gasteiger partial charge in [0.2, 0.25) is 11.8 Å². The average Bonchev–Trinajstić information content (AvgIpc) is 3.40. The van der Waals surface area contributed by atoms with Gasteiger partial charge in [-0.15, -0.1) is 0 Å². The van der Waals surface area contributed by atoms with Gasteiger partial charge in [-0.1, -0.05) is 12.1 Å². The van der Waals surface area contributed by atoms with Crippen LogP contribution in [0.2, 0.25) is 0 Å². The minimum Gasteiger partial charge on any atom is -0.353 e. The maximum atomic E-state index is 12.7. The summed E-state index contributed by atoms with van der Waals surface area (Å²) in [5, 5.41) is 3.21. The molecular formula is C21H29N3O2. The Kier molecular flexibility index (Phi) is 4.74. The second-order valence-electron chi connectivity index (χ2n) is 8.17. The summed E-state index contributed by atoms with van der Waals surface area (Å²) in [5.41, 5.74) is 3.24. The normalized spacial score (nSPS) is 24.9. The predicted octanol–water partition coefficient (Wildman–Crippen LogP) is 2.40. The van der Waals surface area contributed by atoms with E-state index < -0.39 is 0 Å².